The molecule has 6 heteroatoms. The predicted octanol–water partition coefficient (Wildman–Crippen LogP) is 1.33. The molecule has 25 heavy (non-hydrogen) atoms. The molecule has 2 amide bonds. The summed E-state index contributed by atoms with van der Waals surface area (Å²) in [5, 5.41) is 5.81. The molecule has 2 N–H and O–H groups in total. The smallest absolute Gasteiger partial charge is 0.241 e. The van der Waals surface area contributed by atoms with Crippen LogP contribution in [0.1, 0.15) is 26.3 Å². The molecule has 1 aromatic carbocycles. The number of hydrogen-bond acceptors (Lipinski definition) is 4. The van der Waals surface area contributed by atoms with Crippen LogP contribution in [0, 0.1) is 0 Å². The molecule has 1 aliphatic rings. The zero-order chi connectivity index (χ0) is 18.2. The second-order valence-electron chi connectivity index (χ2n) is 6.48. The first-order valence-corrected chi connectivity index (χ1v) is 9.16. The molecule has 0 spiro atoms. The van der Waals surface area contributed by atoms with Gasteiger partial charge in [-0.15, -0.1) is 0 Å². The molecule has 0 aromatic heterocycles. The van der Waals surface area contributed by atoms with Crippen molar-refractivity contribution in [3.8, 4) is 0 Å². The second kappa shape index (κ2) is 9.53. The summed E-state index contributed by atoms with van der Waals surface area (Å²) in [7, 11) is 0. The monoisotopic (exact) mass is 346 g/mol. The Morgan fingerprint density at radius 3 is 2.28 bits per heavy atom. The van der Waals surface area contributed by atoms with Crippen molar-refractivity contribution in [2.24, 2.45) is 0 Å². The first-order valence-electron chi connectivity index (χ1n) is 9.16. The zero-order valence-corrected chi connectivity index (χ0v) is 15.5. The van der Waals surface area contributed by atoms with E-state index in [1.807, 2.05) is 38.1 Å². The number of benzene rings is 1. The minimum absolute atomic E-state index is 0.0152. The Morgan fingerprint density at radius 2 is 1.72 bits per heavy atom. The first kappa shape index (κ1) is 19.4. The number of piperazine rings is 1. The van der Waals surface area contributed by atoms with Crippen LogP contribution < -0.4 is 10.6 Å². The number of nitrogens with zero attached hydrogens (tertiary/aromatic N) is 2. The summed E-state index contributed by atoms with van der Waals surface area (Å²) in [4.78, 5) is 28.4. The van der Waals surface area contributed by atoms with Gasteiger partial charge in [0.05, 0.1) is 12.6 Å². The molecule has 0 bridgehead atoms. The Labute approximate surface area is 150 Å². The largest absolute Gasteiger partial charge is 0.355 e. The molecule has 0 saturated carbocycles. The van der Waals surface area contributed by atoms with Gasteiger partial charge in [0.15, 0.2) is 0 Å². The number of anilines is 1. The number of likely N-dealkylation sites (N-methyl/N-ethyl adjacent to an activating group) is 1. The van der Waals surface area contributed by atoms with Crippen molar-refractivity contribution in [1.29, 1.82) is 0 Å². The summed E-state index contributed by atoms with van der Waals surface area (Å²) in [5.74, 6) is 0.0821. The lowest BCUT2D eigenvalue weighted by Crippen LogP contribution is -2.54. The highest BCUT2D eigenvalue weighted by molar-refractivity contribution is 5.94. The van der Waals surface area contributed by atoms with Crippen LogP contribution in [0.3, 0.4) is 0 Å². The quantitative estimate of drug-likeness (QED) is 0.782. The minimum atomic E-state index is -0.183. The number of hydrogen-bond donors (Lipinski definition) is 2. The molecule has 1 aliphatic heterocycles. The predicted molar refractivity (Wildman–Crippen MR) is 101 cm³/mol. The van der Waals surface area contributed by atoms with E-state index in [9.17, 15) is 9.59 Å². The first-order chi connectivity index (χ1) is 12.0. The molecule has 6 nitrogen and oxygen atoms in total. The van der Waals surface area contributed by atoms with Crippen LogP contribution in [0.4, 0.5) is 5.69 Å². The van der Waals surface area contributed by atoms with Crippen molar-refractivity contribution in [2.75, 3.05) is 44.6 Å². The zero-order valence-electron chi connectivity index (χ0n) is 15.5. The average molecular weight is 346 g/mol. The minimum Gasteiger partial charge on any atom is -0.355 e. The molecule has 0 radical (unpaired) electrons. The van der Waals surface area contributed by atoms with Crippen molar-refractivity contribution in [2.45, 2.75) is 33.2 Å². The summed E-state index contributed by atoms with van der Waals surface area (Å²) in [6, 6.07) is 7.81. The number of aryl methyl sites for hydroxylation is 1. The fourth-order valence-corrected chi connectivity index (χ4v) is 3.00. The highest BCUT2D eigenvalue weighted by Crippen LogP contribution is 2.12. The van der Waals surface area contributed by atoms with Crippen molar-refractivity contribution in [1.82, 2.24) is 15.1 Å². The number of rotatable bonds is 7. The van der Waals surface area contributed by atoms with E-state index in [4.69, 9.17) is 0 Å². The Morgan fingerprint density at radius 1 is 1.08 bits per heavy atom. The van der Waals surface area contributed by atoms with Crippen LogP contribution in [-0.4, -0.2) is 66.9 Å². The lowest BCUT2D eigenvalue weighted by atomic mass is 10.1. The summed E-state index contributed by atoms with van der Waals surface area (Å²) in [6.45, 7) is 10.3. The van der Waals surface area contributed by atoms with Crippen LogP contribution in [-0.2, 0) is 16.0 Å². The van der Waals surface area contributed by atoms with Gasteiger partial charge in [0.2, 0.25) is 11.8 Å². The Bertz CT molecular complexity index is 565. The topological polar surface area (TPSA) is 64.7 Å². The van der Waals surface area contributed by atoms with E-state index in [0.717, 1.165) is 38.3 Å². The molecule has 1 aromatic rings. The van der Waals surface area contributed by atoms with E-state index >= 15 is 0 Å². The van der Waals surface area contributed by atoms with Crippen LogP contribution in [0.2, 0.25) is 0 Å². The third kappa shape index (κ3) is 5.83. The van der Waals surface area contributed by atoms with E-state index in [0.29, 0.717) is 13.1 Å². The molecule has 1 heterocycles. The fourth-order valence-electron chi connectivity index (χ4n) is 3.00. The Hall–Kier alpha value is -1.92. The van der Waals surface area contributed by atoms with E-state index in [2.05, 4.69) is 27.4 Å². The van der Waals surface area contributed by atoms with Gasteiger partial charge in [-0.2, -0.15) is 0 Å². The van der Waals surface area contributed by atoms with Gasteiger partial charge in [-0.1, -0.05) is 19.1 Å². The standard InChI is InChI=1S/C19H30N4O2/c1-4-16-6-8-17(9-7-16)21-19(25)15(3)23-12-10-22(11-13-23)14-18(24)20-5-2/h6-9,15H,4-5,10-14H2,1-3H3,(H,20,24)(H,21,25). The maximum absolute atomic E-state index is 12.5. The van der Waals surface area contributed by atoms with Gasteiger partial charge in [0.1, 0.15) is 0 Å². The molecule has 1 unspecified atom stereocenters. The fraction of sp³-hybridized carbons (Fsp3) is 0.579. The second-order valence-corrected chi connectivity index (χ2v) is 6.48. The normalized spacial score (nSPS) is 17.1. The number of nitrogens with one attached hydrogen (secondary N) is 2. The van der Waals surface area contributed by atoms with Gasteiger partial charge in [-0.3, -0.25) is 19.4 Å². The van der Waals surface area contributed by atoms with Crippen LogP contribution in [0.15, 0.2) is 24.3 Å². The molecule has 0 aliphatic carbocycles. The number of amides is 2. The van der Waals surface area contributed by atoms with Crippen LogP contribution >= 0.6 is 0 Å². The molecule has 1 atom stereocenters. The van der Waals surface area contributed by atoms with E-state index < -0.39 is 0 Å². The summed E-state index contributed by atoms with van der Waals surface area (Å²) in [6.07, 6.45) is 0.991. The molecule has 1 fully saturated rings. The van der Waals surface area contributed by atoms with Crippen LogP contribution in [0.25, 0.3) is 0 Å². The Balaban J connectivity index is 1.79. The van der Waals surface area contributed by atoms with Gasteiger partial charge in [-0.05, 0) is 38.0 Å². The summed E-state index contributed by atoms with van der Waals surface area (Å²) in [5.41, 5.74) is 2.10. The Kier molecular flexibility index (Phi) is 7.40. The van der Waals surface area contributed by atoms with Gasteiger partial charge >= 0.3 is 0 Å². The third-order valence-electron chi connectivity index (χ3n) is 4.70. The van der Waals surface area contributed by atoms with Gasteiger partial charge in [-0.25, -0.2) is 0 Å². The lowest BCUT2D eigenvalue weighted by molar-refractivity contribution is -0.124. The number of carbonyl (C=O) groups excluding carboxylic acids is 2. The van der Waals surface area contributed by atoms with Crippen molar-refractivity contribution in [3.05, 3.63) is 29.8 Å². The summed E-state index contributed by atoms with van der Waals surface area (Å²) >= 11 is 0. The van der Waals surface area contributed by atoms with Gasteiger partial charge in [0, 0.05) is 38.4 Å². The molecule has 1 saturated heterocycles. The highest BCUT2D eigenvalue weighted by Gasteiger charge is 2.26. The van der Waals surface area contributed by atoms with Crippen molar-refractivity contribution in [3.63, 3.8) is 0 Å². The lowest BCUT2D eigenvalue weighted by Gasteiger charge is -2.37. The van der Waals surface area contributed by atoms with E-state index in [1.165, 1.54) is 5.56 Å². The van der Waals surface area contributed by atoms with E-state index in [-0.39, 0.29) is 17.9 Å². The number of carbonyl (C=O) groups is 2. The van der Waals surface area contributed by atoms with Crippen LogP contribution in [0.5, 0.6) is 0 Å². The molecule has 2 rings (SSSR count). The van der Waals surface area contributed by atoms with E-state index in [1.54, 1.807) is 0 Å². The molecule has 138 valence electrons. The molecular formula is C19H30N4O2. The molecular weight excluding hydrogens is 316 g/mol. The maximum Gasteiger partial charge on any atom is 0.241 e. The summed E-state index contributed by atoms with van der Waals surface area (Å²) < 4.78 is 0. The average Bonchev–Trinajstić information content (AvgIpc) is 2.62. The maximum atomic E-state index is 12.5. The van der Waals surface area contributed by atoms with Gasteiger partial charge < -0.3 is 10.6 Å². The highest BCUT2D eigenvalue weighted by atomic mass is 16.2. The SMILES string of the molecule is CCNC(=O)CN1CCN(C(C)C(=O)Nc2ccc(CC)cc2)CC1. The van der Waals surface area contributed by atoms with Gasteiger partial charge in [0.25, 0.3) is 0 Å². The van der Waals surface area contributed by atoms with Crippen molar-refractivity contribution < 1.29 is 9.59 Å². The van der Waals surface area contributed by atoms with Crippen molar-refractivity contribution >= 4 is 17.5 Å². The third-order valence-corrected chi connectivity index (χ3v) is 4.70.